The molecule has 2 aromatic carbocycles. The fraction of sp³-hybridized carbons (Fsp3) is 0.143. The molecule has 1 heterocycles. The van der Waals surface area contributed by atoms with Gasteiger partial charge in [0.1, 0.15) is 0 Å². The van der Waals surface area contributed by atoms with Gasteiger partial charge in [0, 0.05) is 22.9 Å². The number of ether oxygens (including phenoxy) is 1. The average Bonchev–Trinajstić information content (AvgIpc) is 2.75. The molecule has 9 heteroatoms. The first-order valence-electron chi connectivity index (χ1n) is 9.19. The standard InChI is InChI=1S/C21H21N5O4/c1-2-30-21(28)23-17-5-3-4-14(12-17)13-26-19(27)11-10-18(24-26)15-6-8-16(9-7-15)20(22)25-29/h3-12,29H,2,13H2,1H3,(H2,22,25)(H,23,28). The molecular weight excluding hydrogens is 386 g/mol. The summed E-state index contributed by atoms with van der Waals surface area (Å²) in [5.41, 5.74) is 8.62. The molecule has 0 spiro atoms. The zero-order chi connectivity index (χ0) is 21.5. The summed E-state index contributed by atoms with van der Waals surface area (Å²) in [7, 11) is 0. The first kappa shape index (κ1) is 20.6. The molecule has 9 nitrogen and oxygen atoms in total. The maximum Gasteiger partial charge on any atom is 0.411 e. The molecule has 3 aromatic rings. The van der Waals surface area contributed by atoms with E-state index in [2.05, 4.69) is 15.6 Å². The van der Waals surface area contributed by atoms with Crippen molar-refractivity contribution in [3.63, 3.8) is 0 Å². The number of carbonyl (C=O) groups excluding carboxylic acids is 1. The Labute approximate surface area is 172 Å². The van der Waals surface area contributed by atoms with Crippen molar-refractivity contribution in [1.82, 2.24) is 9.78 Å². The van der Waals surface area contributed by atoms with Crippen LogP contribution in [-0.4, -0.2) is 33.5 Å². The van der Waals surface area contributed by atoms with Gasteiger partial charge < -0.3 is 15.7 Å². The van der Waals surface area contributed by atoms with E-state index in [0.717, 1.165) is 11.1 Å². The van der Waals surface area contributed by atoms with Crippen molar-refractivity contribution in [1.29, 1.82) is 0 Å². The minimum absolute atomic E-state index is 0.00999. The van der Waals surface area contributed by atoms with Crippen molar-refractivity contribution in [2.45, 2.75) is 13.5 Å². The van der Waals surface area contributed by atoms with E-state index in [1.165, 1.54) is 10.7 Å². The fourth-order valence-electron chi connectivity index (χ4n) is 2.79. The van der Waals surface area contributed by atoms with Crippen molar-refractivity contribution < 1.29 is 14.7 Å². The quantitative estimate of drug-likeness (QED) is 0.249. The summed E-state index contributed by atoms with van der Waals surface area (Å²) >= 11 is 0. The minimum Gasteiger partial charge on any atom is -0.450 e. The van der Waals surface area contributed by atoms with Crippen molar-refractivity contribution in [3.8, 4) is 11.3 Å². The van der Waals surface area contributed by atoms with Crippen LogP contribution in [0.5, 0.6) is 0 Å². The Balaban J connectivity index is 1.83. The third-order valence-corrected chi connectivity index (χ3v) is 4.23. The van der Waals surface area contributed by atoms with Gasteiger partial charge in [0.15, 0.2) is 5.84 Å². The number of nitrogens with zero attached hydrogens (tertiary/aromatic N) is 3. The van der Waals surface area contributed by atoms with Crippen LogP contribution in [0.4, 0.5) is 10.5 Å². The van der Waals surface area contributed by atoms with Gasteiger partial charge >= 0.3 is 6.09 Å². The Bertz CT molecular complexity index is 1120. The topological polar surface area (TPSA) is 132 Å². The molecule has 0 atom stereocenters. The highest BCUT2D eigenvalue weighted by Gasteiger charge is 2.07. The van der Waals surface area contributed by atoms with Crippen LogP contribution in [0, 0.1) is 0 Å². The van der Waals surface area contributed by atoms with E-state index < -0.39 is 6.09 Å². The van der Waals surface area contributed by atoms with Crippen LogP contribution in [0.1, 0.15) is 18.1 Å². The van der Waals surface area contributed by atoms with E-state index in [9.17, 15) is 9.59 Å². The number of amides is 1. The Kier molecular flexibility index (Phi) is 6.43. The van der Waals surface area contributed by atoms with Gasteiger partial charge in [-0.05, 0) is 30.7 Å². The van der Waals surface area contributed by atoms with Crippen LogP contribution in [0.25, 0.3) is 11.3 Å². The summed E-state index contributed by atoms with van der Waals surface area (Å²) < 4.78 is 6.21. The summed E-state index contributed by atoms with van der Waals surface area (Å²) in [6.45, 7) is 2.23. The van der Waals surface area contributed by atoms with E-state index in [1.54, 1.807) is 55.5 Å². The molecule has 0 bridgehead atoms. The maximum atomic E-state index is 12.3. The van der Waals surface area contributed by atoms with Crippen LogP contribution in [0.3, 0.4) is 0 Å². The van der Waals surface area contributed by atoms with E-state index in [0.29, 0.717) is 16.9 Å². The largest absolute Gasteiger partial charge is 0.450 e. The van der Waals surface area contributed by atoms with Gasteiger partial charge in [0.25, 0.3) is 5.56 Å². The molecule has 0 aliphatic heterocycles. The van der Waals surface area contributed by atoms with Crippen molar-refractivity contribution >= 4 is 17.6 Å². The second-order valence-electron chi connectivity index (χ2n) is 6.32. The van der Waals surface area contributed by atoms with Gasteiger partial charge in [-0.1, -0.05) is 41.6 Å². The molecular formula is C21H21N5O4. The zero-order valence-electron chi connectivity index (χ0n) is 16.3. The Morgan fingerprint density at radius 2 is 1.97 bits per heavy atom. The number of amidine groups is 1. The monoisotopic (exact) mass is 407 g/mol. The number of oxime groups is 1. The predicted molar refractivity (Wildman–Crippen MR) is 113 cm³/mol. The third-order valence-electron chi connectivity index (χ3n) is 4.23. The molecule has 154 valence electrons. The molecule has 0 radical (unpaired) electrons. The van der Waals surface area contributed by atoms with Crippen LogP contribution in [0.15, 0.2) is 70.6 Å². The van der Waals surface area contributed by atoms with Crippen LogP contribution < -0.4 is 16.6 Å². The average molecular weight is 407 g/mol. The minimum atomic E-state index is -0.540. The van der Waals surface area contributed by atoms with E-state index in [-0.39, 0.29) is 24.5 Å². The zero-order valence-corrected chi connectivity index (χ0v) is 16.3. The smallest absolute Gasteiger partial charge is 0.411 e. The van der Waals surface area contributed by atoms with Crippen LogP contribution >= 0.6 is 0 Å². The molecule has 4 N–H and O–H groups in total. The lowest BCUT2D eigenvalue weighted by atomic mass is 10.1. The van der Waals surface area contributed by atoms with Crippen molar-refractivity contribution in [2.24, 2.45) is 10.9 Å². The molecule has 0 aliphatic carbocycles. The highest BCUT2D eigenvalue weighted by molar-refractivity contribution is 5.97. The van der Waals surface area contributed by atoms with Gasteiger partial charge in [0.2, 0.25) is 0 Å². The number of nitrogens with one attached hydrogen (secondary N) is 1. The summed E-state index contributed by atoms with van der Waals surface area (Å²) in [4.78, 5) is 23.9. The number of nitrogens with two attached hydrogens (primary N) is 1. The molecule has 1 amide bonds. The molecule has 0 unspecified atom stereocenters. The Morgan fingerprint density at radius 1 is 1.20 bits per heavy atom. The first-order valence-corrected chi connectivity index (χ1v) is 9.19. The highest BCUT2D eigenvalue weighted by atomic mass is 16.5. The first-order chi connectivity index (χ1) is 14.5. The fourth-order valence-corrected chi connectivity index (χ4v) is 2.79. The third kappa shape index (κ3) is 5.02. The lowest BCUT2D eigenvalue weighted by Gasteiger charge is -2.10. The number of hydrogen-bond acceptors (Lipinski definition) is 6. The van der Waals surface area contributed by atoms with Gasteiger partial charge in [0.05, 0.1) is 18.8 Å². The number of anilines is 1. The Morgan fingerprint density at radius 3 is 2.67 bits per heavy atom. The Hall–Kier alpha value is -4.14. The lowest BCUT2D eigenvalue weighted by Crippen LogP contribution is -2.23. The second-order valence-corrected chi connectivity index (χ2v) is 6.32. The number of benzene rings is 2. The van der Waals surface area contributed by atoms with E-state index >= 15 is 0 Å². The summed E-state index contributed by atoms with van der Waals surface area (Å²) in [5.74, 6) is 0.00999. The molecule has 0 aliphatic rings. The van der Waals surface area contributed by atoms with Crippen molar-refractivity contribution in [3.05, 3.63) is 82.1 Å². The maximum absolute atomic E-state index is 12.3. The number of rotatable bonds is 6. The molecule has 0 saturated heterocycles. The number of carbonyl (C=O) groups is 1. The van der Waals surface area contributed by atoms with Gasteiger partial charge in [-0.15, -0.1) is 0 Å². The van der Waals surface area contributed by atoms with E-state index in [4.69, 9.17) is 15.7 Å². The lowest BCUT2D eigenvalue weighted by molar-refractivity contribution is 0.168. The normalized spacial score (nSPS) is 11.2. The molecule has 1 aromatic heterocycles. The molecule has 0 saturated carbocycles. The van der Waals surface area contributed by atoms with Gasteiger partial charge in [-0.25, -0.2) is 9.48 Å². The number of aromatic nitrogens is 2. The van der Waals surface area contributed by atoms with Crippen molar-refractivity contribution in [2.75, 3.05) is 11.9 Å². The summed E-state index contributed by atoms with van der Waals surface area (Å²) in [6.07, 6.45) is -0.540. The van der Waals surface area contributed by atoms with Crippen LogP contribution in [0.2, 0.25) is 0 Å². The SMILES string of the molecule is CCOC(=O)Nc1cccc(Cn2nc(-c3ccc(/C(N)=N/O)cc3)ccc2=O)c1. The van der Waals surface area contributed by atoms with E-state index in [1.807, 2.05) is 6.07 Å². The highest BCUT2D eigenvalue weighted by Crippen LogP contribution is 2.17. The molecule has 30 heavy (non-hydrogen) atoms. The predicted octanol–water partition coefficient (Wildman–Crippen LogP) is 2.62. The van der Waals surface area contributed by atoms with Gasteiger partial charge in [-0.3, -0.25) is 10.1 Å². The van der Waals surface area contributed by atoms with Gasteiger partial charge in [-0.2, -0.15) is 5.10 Å². The summed E-state index contributed by atoms with van der Waals surface area (Å²) in [5, 5.41) is 18.8. The van der Waals surface area contributed by atoms with Crippen LogP contribution in [-0.2, 0) is 11.3 Å². The molecule has 0 fully saturated rings. The second kappa shape index (κ2) is 9.37. The summed E-state index contributed by atoms with van der Waals surface area (Å²) in [6, 6.07) is 17.1. The molecule has 3 rings (SSSR count). The number of hydrogen-bond donors (Lipinski definition) is 3.